The molecule has 3 heteroatoms. The van der Waals surface area contributed by atoms with Gasteiger partial charge in [-0.15, -0.1) is 0 Å². The van der Waals surface area contributed by atoms with Crippen molar-refractivity contribution in [3.8, 4) is 0 Å². The maximum atomic E-state index is 3.54. The second kappa shape index (κ2) is 4.90. The number of nitrogens with zero attached hydrogens (tertiary/aromatic N) is 2. The largest absolute Gasteiger partial charge is 0.384 e. The molecule has 3 nitrogen and oxygen atoms in total. The van der Waals surface area contributed by atoms with E-state index >= 15 is 0 Å². The standard InChI is InChI=1S/C15H23N3/c1-17(2)14-7-9-18(11-14)10-13-5-3-4-12-6-8-16-15(12)13/h3-5,14,16H,6-11H2,1-2H3. The Kier molecular flexibility index (Phi) is 3.27. The van der Waals surface area contributed by atoms with E-state index < -0.39 is 0 Å². The average Bonchev–Trinajstić information content (AvgIpc) is 2.97. The van der Waals surface area contributed by atoms with Crippen LogP contribution in [0.1, 0.15) is 17.5 Å². The summed E-state index contributed by atoms with van der Waals surface area (Å²) in [5.74, 6) is 0. The molecule has 2 aliphatic heterocycles. The summed E-state index contributed by atoms with van der Waals surface area (Å²) in [7, 11) is 4.38. The Bertz CT molecular complexity index is 428. The Labute approximate surface area is 110 Å². The quantitative estimate of drug-likeness (QED) is 0.876. The predicted molar refractivity (Wildman–Crippen MR) is 76.0 cm³/mol. The Morgan fingerprint density at radius 3 is 3.06 bits per heavy atom. The highest BCUT2D eigenvalue weighted by Crippen LogP contribution is 2.28. The second-order valence-corrected chi connectivity index (χ2v) is 5.77. The fourth-order valence-corrected chi connectivity index (χ4v) is 3.16. The molecule has 3 rings (SSSR count). The molecular weight excluding hydrogens is 222 g/mol. The van der Waals surface area contributed by atoms with E-state index in [1.165, 1.54) is 42.7 Å². The van der Waals surface area contributed by atoms with Gasteiger partial charge in [0.05, 0.1) is 0 Å². The lowest BCUT2D eigenvalue weighted by Crippen LogP contribution is -2.31. The smallest absolute Gasteiger partial charge is 0.0419 e. The number of nitrogens with one attached hydrogen (secondary N) is 1. The minimum atomic E-state index is 0.731. The summed E-state index contributed by atoms with van der Waals surface area (Å²) < 4.78 is 0. The SMILES string of the molecule is CN(C)C1CCN(Cc2cccc3c2NCC3)C1. The Morgan fingerprint density at radius 1 is 1.39 bits per heavy atom. The van der Waals surface area contributed by atoms with Crippen molar-refractivity contribution in [2.24, 2.45) is 0 Å². The van der Waals surface area contributed by atoms with Gasteiger partial charge in [-0.05, 0) is 38.1 Å². The Hall–Kier alpha value is -1.06. The molecule has 1 aromatic carbocycles. The average molecular weight is 245 g/mol. The van der Waals surface area contributed by atoms with Crippen molar-refractivity contribution < 1.29 is 0 Å². The van der Waals surface area contributed by atoms with Gasteiger partial charge in [0.25, 0.3) is 0 Å². The molecule has 98 valence electrons. The summed E-state index contributed by atoms with van der Waals surface area (Å²) in [4.78, 5) is 4.94. The molecular formula is C15H23N3. The highest BCUT2D eigenvalue weighted by atomic mass is 15.2. The minimum absolute atomic E-state index is 0.731. The molecule has 0 aliphatic carbocycles. The van der Waals surface area contributed by atoms with Crippen LogP contribution >= 0.6 is 0 Å². The van der Waals surface area contributed by atoms with Crippen LogP contribution in [0.4, 0.5) is 5.69 Å². The van der Waals surface area contributed by atoms with Crippen LogP contribution in [0.5, 0.6) is 0 Å². The van der Waals surface area contributed by atoms with Gasteiger partial charge in [-0.25, -0.2) is 0 Å². The zero-order valence-corrected chi connectivity index (χ0v) is 11.4. The minimum Gasteiger partial charge on any atom is -0.384 e. The molecule has 18 heavy (non-hydrogen) atoms. The number of likely N-dealkylation sites (tertiary alicyclic amines) is 1. The Morgan fingerprint density at radius 2 is 2.28 bits per heavy atom. The fourth-order valence-electron chi connectivity index (χ4n) is 3.16. The highest BCUT2D eigenvalue weighted by Gasteiger charge is 2.25. The molecule has 2 heterocycles. The molecule has 1 unspecified atom stereocenters. The van der Waals surface area contributed by atoms with Crippen LogP contribution in [0.15, 0.2) is 18.2 Å². The molecule has 1 atom stereocenters. The molecule has 1 aromatic rings. The van der Waals surface area contributed by atoms with Crippen LogP contribution in [0.25, 0.3) is 0 Å². The van der Waals surface area contributed by atoms with E-state index in [2.05, 4.69) is 47.4 Å². The van der Waals surface area contributed by atoms with Gasteiger partial charge in [-0.1, -0.05) is 18.2 Å². The summed E-state index contributed by atoms with van der Waals surface area (Å²) in [5, 5.41) is 3.54. The molecule has 0 aromatic heterocycles. The van der Waals surface area contributed by atoms with Crippen LogP contribution < -0.4 is 5.32 Å². The number of hydrogen-bond donors (Lipinski definition) is 1. The lowest BCUT2D eigenvalue weighted by atomic mass is 10.1. The van der Waals surface area contributed by atoms with E-state index in [0.717, 1.165) is 19.1 Å². The van der Waals surface area contributed by atoms with Crippen LogP contribution in [0.3, 0.4) is 0 Å². The number of fused-ring (bicyclic) bond motifs is 1. The lowest BCUT2D eigenvalue weighted by molar-refractivity contribution is 0.265. The molecule has 1 saturated heterocycles. The van der Waals surface area contributed by atoms with E-state index in [0.29, 0.717) is 0 Å². The topological polar surface area (TPSA) is 18.5 Å². The molecule has 0 saturated carbocycles. The first-order valence-corrected chi connectivity index (χ1v) is 6.97. The van der Waals surface area contributed by atoms with Gasteiger partial charge in [0.1, 0.15) is 0 Å². The summed E-state index contributed by atoms with van der Waals surface area (Å²) >= 11 is 0. The third-order valence-corrected chi connectivity index (χ3v) is 4.30. The van der Waals surface area contributed by atoms with Crippen molar-refractivity contribution in [3.05, 3.63) is 29.3 Å². The first kappa shape index (κ1) is 12.0. The molecule has 1 N–H and O–H groups in total. The molecule has 0 bridgehead atoms. The third kappa shape index (κ3) is 2.25. The molecule has 0 radical (unpaired) electrons. The summed E-state index contributed by atoms with van der Waals surface area (Å²) in [5.41, 5.74) is 4.38. The third-order valence-electron chi connectivity index (χ3n) is 4.30. The second-order valence-electron chi connectivity index (χ2n) is 5.77. The first-order valence-electron chi connectivity index (χ1n) is 6.97. The van der Waals surface area contributed by atoms with Crippen molar-refractivity contribution in [3.63, 3.8) is 0 Å². The maximum Gasteiger partial charge on any atom is 0.0419 e. The van der Waals surface area contributed by atoms with Crippen molar-refractivity contribution in [1.82, 2.24) is 9.80 Å². The lowest BCUT2D eigenvalue weighted by Gasteiger charge is -2.21. The highest BCUT2D eigenvalue weighted by molar-refractivity contribution is 5.61. The van der Waals surface area contributed by atoms with Crippen LogP contribution in [-0.4, -0.2) is 49.6 Å². The van der Waals surface area contributed by atoms with Crippen LogP contribution in [-0.2, 0) is 13.0 Å². The van der Waals surface area contributed by atoms with Gasteiger partial charge >= 0.3 is 0 Å². The fraction of sp³-hybridized carbons (Fsp3) is 0.600. The maximum absolute atomic E-state index is 3.54. The number of likely N-dealkylation sites (N-methyl/N-ethyl adjacent to an activating group) is 1. The van der Waals surface area contributed by atoms with E-state index in [4.69, 9.17) is 0 Å². The van der Waals surface area contributed by atoms with Gasteiger partial charge in [-0.3, -0.25) is 4.90 Å². The molecule has 2 aliphatic rings. The van der Waals surface area contributed by atoms with Crippen molar-refractivity contribution in [2.75, 3.05) is 39.0 Å². The number of benzene rings is 1. The zero-order chi connectivity index (χ0) is 12.5. The number of anilines is 1. The van der Waals surface area contributed by atoms with Gasteiger partial charge in [-0.2, -0.15) is 0 Å². The number of rotatable bonds is 3. The molecule has 0 spiro atoms. The summed E-state index contributed by atoms with van der Waals surface area (Å²) in [6.45, 7) is 4.64. The van der Waals surface area contributed by atoms with Gasteiger partial charge in [0, 0.05) is 37.9 Å². The number of para-hydroxylation sites is 1. The summed E-state index contributed by atoms with van der Waals surface area (Å²) in [6, 6.07) is 7.47. The van der Waals surface area contributed by atoms with Crippen LogP contribution in [0.2, 0.25) is 0 Å². The normalized spacial score (nSPS) is 23.4. The van der Waals surface area contributed by atoms with Gasteiger partial charge < -0.3 is 10.2 Å². The van der Waals surface area contributed by atoms with Gasteiger partial charge in [0.2, 0.25) is 0 Å². The van der Waals surface area contributed by atoms with E-state index in [1.807, 2.05) is 0 Å². The number of hydrogen-bond acceptors (Lipinski definition) is 3. The van der Waals surface area contributed by atoms with Crippen LogP contribution in [0, 0.1) is 0 Å². The van der Waals surface area contributed by atoms with Crippen molar-refractivity contribution in [2.45, 2.75) is 25.4 Å². The molecule has 0 amide bonds. The zero-order valence-electron chi connectivity index (χ0n) is 11.4. The Balaban J connectivity index is 1.69. The van der Waals surface area contributed by atoms with Crippen molar-refractivity contribution in [1.29, 1.82) is 0 Å². The van der Waals surface area contributed by atoms with Crippen molar-refractivity contribution >= 4 is 5.69 Å². The molecule has 1 fully saturated rings. The van der Waals surface area contributed by atoms with E-state index in [1.54, 1.807) is 0 Å². The first-order chi connectivity index (χ1) is 8.74. The van der Waals surface area contributed by atoms with E-state index in [-0.39, 0.29) is 0 Å². The van der Waals surface area contributed by atoms with Gasteiger partial charge in [0.15, 0.2) is 0 Å². The monoisotopic (exact) mass is 245 g/mol. The van der Waals surface area contributed by atoms with E-state index in [9.17, 15) is 0 Å². The predicted octanol–water partition coefficient (Wildman–Crippen LogP) is 1.79. The summed E-state index contributed by atoms with van der Waals surface area (Å²) in [6.07, 6.45) is 2.49.